The van der Waals surface area contributed by atoms with E-state index in [1.54, 1.807) is 0 Å². The molecule has 0 heteroatoms. The molecule has 0 saturated heterocycles. The highest BCUT2D eigenvalue weighted by Crippen LogP contribution is 2.40. The molecule has 0 aromatic heterocycles. The van der Waals surface area contributed by atoms with Crippen molar-refractivity contribution in [3.8, 4) is 0 Å². The van der Waals surface area contributed by atoms with Crippen LogP contribution in [0.3, 0.4) is 0 Å². The van der Waals surface area contributed by atoms with E-state index >= 15 is 0 Å². The zero-order chi connectivity index (χ0) is 7.89. The van der Waals surface area contributed by atoms with Crippen molar-refractivity contribution in [1.29, 1.82) is 0 Å². The maximum atomic E-state index is 3.94. The molecule has 0 aromatic carbocycles. The topological polar surface area (TPSA) is 0 Å². The fourth-order valence-corrected chi connectivity index (χ4v) is 1.50. The molecular formula is C10H14. The highest BCUT2D eigenvalue weighted by atomic mass is 14.3. The Morgan fingerprint density at radius 1 is 1.10 bits per heavy atom. The molecule has 10 heavy (non-hydrogen) atoms. The van der Waals surface area contributed by atoms with E-state index in [-0.39, 0.29) is 0 Å². The van der Waals surface area contributed by atoms with Gasteiger partial charge in [0.1, 0.15) is 0 Å². The zero-order valence-corrected chi connectivity index (χ0v) is 6.99. The highest BCUT2D eigenvalue weighted by molar-refractivity contribution is 5.67. The van der Waals surface area contributed by atoms with Crippen LogP contribution >= 0.6 is 0 Å². The molecule has 0 unspecified atom stereocenters. The Morgan fingerprint density at radius 3 is 1.80 bits per heavy atom. The first-order valence-corrected chi connectivity index (χ1v) is 3.65. The van der Waals surface area contributed by atoms with Gasteiger partial charge in [0.15, 0.2) is 0 Å². The van der Waals surface area contributed by atoms with Gasteiger partial charge in [0.05, 0.1) is 0 Å². The fraction of sp³-hybridized carbons (Fsp3) is 0.400. The summed E-state index contributed by atoms with van der Waals surface area (Å²) in [5, 5.41) is 0. The Kier molecular flexibility index (Phi) is 1.55. The average molecular weight is 134 g/mol. The van der Waals surface area contributed by atoms with Crippen LogP contribution in [0.2, 0.25) is 0 Å². The number of rotatable bonds is 1. The summed E-state index contributed by atoms with van der Waals surface area (Å²) in [6, 6.07) is 0. The molecule has 0 radical (unpaired) electrons. The van der Waals surface area contributed by atoms with Crippen molar-refractivity contribution in [3.63, 3.8) is 0 Å². The summed E-state index contributed by atoms with van der Waals surface area (Å²) in [4.78, 5) is 0. The van der Waals surface area contributed by atoms with E-state index in [9.17, 15) is 0 Å². The molecule has 0 atom stereocenters. The molecule has 54 valence electrons. The summed E-state index contributed by atoms with van der Waals surface area (Å²) in [5.41, 5.74) is 5.06. The maximum absolute atomic E-state index is 3.94. The van der Waals surface area contributed by atoms with E-state index in [1.807, 2.05) is 0 Å². The lowest BCUT2D eigenvalue weighted by molar-refractivity contribution is 0.753. The van der Waals surface area contributed by atoms with Crippen LogP contribution in [0.1, 0.15) is 20.8 Å². The Morgan fingerprint density at radius 2 is 1.60 bits per heavy atom. The van der Waals surface area contributed by atoms with Crippen molar-refractivity contribution in [2.75, 3.05) is 0 Å². The van der Waals surface area contributed by atoms with Crippen molar-refractivity contribution >= 4 is 0 Å². The van der Waals surface area contributed by atoms with E-state index in [0.717, 1.165) is 11.1 Å². The molecule has 0 aliphatic heterocycles. The summed E-state index contributed by atoms with van der Waals surface area (Å²) >= 11 is 0. The van der Waals surface area contributed by atoms with Gasteiger partial charge in [0.2, 0.25) is 0 Å². The third kappa shape index (κ3) is 0.756. The van der Waals surface area contributed by atoms with Gasteiger partial charge < -0.3 is 0 Å². The molecule has 0 N–H and O–H groups in total. The predicted molar refractivity (Wildman–Crippen MR) is 45.8 cm³/mol. The zero-order valence-electron chi connectivity index (χ0n) is 6.99. The SMILES string of the molecule is C=C1C(=C)C(C(C)C)=C1C. The summed E-state index contributed by atoms with van der Waals surface area (Å²) in [6.45, 7) is 14.3. The summed E-state index contributed by atoms with van der Waals surface area (Å²) in [7, 11) is 0. The van der Waals surface area contributed by atoms with Crippen LogP contribution < -0.4 is 0 Å². The van der Waals surface area contributed by atoms with Gasteiger partial charge in [-0.3, -0.25) is 0 Å². The first kappa shape index (κ1) is 7.33. The van der Waals surface area contributed by atoms with E-state index in [1.165, 1.54) is 11.1 Å². The van der Waals surface area contributed by atoms with Gasteiger partial charge >= 0.3 is 0 Å². The summed E-state index contributed by atoms with van der Waals surface area (Å²) in [5.74, 6) is 0.609. The minimum Gasteiger partial charge on any atom is -0.0909 e. The average Bonchev–Trinajstić information content (AvgIpc) is 1.87. The summed E-state index contributed by atoms with van der Waals surface area (Å²) < 4.78 is 0. The third-order valence-electron chi connectivity index (χ3n) is 2.12. The van der Waals surface area contributed by atoms with Crippen molar-refractivity contribution < 1.29 is 0 Å². The first-order valence-electron chi connectivity index (χ1n) is 3.65. The smallest absolute Gasteiger partial charge is 0.0210 e. The first-order chi connectivity index (χ1) is 4.55. The van der Waals surface area contributed by atoms with Crippen molar-refractivity contribution in [2.24, 2.45) is 5.92 Å². The van der Waals surface area contributed by atoms with Crippen LogP contribution in [0.4, 0.5) is 0 Å². The minimum absolute atomic E-state index is 0.609. The molecule has 0 bridgehead atoms. The van der Waals surface area contributed by atoms with E-state index in [2.05, 4.69) is 33.9 Å². The van der Waals surface area contributed by atoms with Crippen LogP contribution in [-0.4, -0.2) is 0 Å². The Hall–Kier alpha value is -0.780. The molecule has 0 nitrogen and oxygen atoms in total. The van der Waals surface area contributed by atoms with Crippen LogP contribution in [0.15, 0.2) is 35.5 Å². The fourth-order valence-electron chi connectivity index (χ4n) is 1.50. The van der Waals surface area contributed by atoms with Crippen LogP contribution in [0.25, 0.3) is 0 Å². The molecule has 0 amide bonds. The van der Waals surface area contributed by atoms with Gasteiger partial charge in [0, 0.05) is 0 Å². The van der Waals surface area contributed by atoms with Crippen molar-refractivity contribution in [3.05, 3.63) is 35.5 Å². The lowest BCUT2D eigenvalue weighted by atomic mass is 9.75. The maximum Gasteiger partial charge on any atom is -0.0210 e. The lowest BCUT2D eigenvalue weighted by Crippen LogP contribution is -2.13. The largest absolute Gasteiger partial charge is 0.0909 e. The molecule has 1 aliphatic rings. The minimum atomic E-state index is 0.609. The Labute approximate surface area is 62.9 Å². The van der Waals surface area contributed by atoms with Crippen molar-refractivity contribution in [2.45, 2.75) is 20.8 Å². The van der Waals surface area contributed by atoms with Gasteiger partial charge in [-0.1, -0.05) is 27.0 Å². The number of allylic oxidation sites excluding steroid dienone is 4. The van der Waals surface area contributed by atoms with Gasteiger partial charge in [-0.15, -0.1) is 0 Å². The quantitative estimate of drug-likeness (QED) is 0.517. The summed E-state index contributed by atoms with van der Waals surface area (Å²) in [6.07, 6.45) is 0. The predicted octanol–water partition coefficient (Wildman–Crippen LogP) is 3.08. The number of hydrogen-bond acceptors (Lipinski definition) is 0. The molecule has 0 saturated carbocycles. The Balaban J connectivity index is 3.00. The van der Waals surface area contributed by atoms with Gasteiger partial charge in [-0.25, -0.2) is 0 Å². The molecule has 1 aliphatic carbocycles. The Bertz CT molecular complexity index is 226. The normalized spacial score (nSPS) is 18.4. The van der Waals surface area contributed by atoms with E-state index in [0.29, 0.717) is 5.92 Å². The molecule has 0 spiro atoms. The lowest BCUT2D eigenvalue weighted by Gasteiger charge is -2.29. The third-order valence-corrected chi connectivity index (χ3v) is 2.12. The molecule has 1 rings (SSSR count). The number of hydrogen-bond donors (Lipinski definition) is 0. The van der Waals surface area contributed by atoms with Crippen molar-refractivity contribution in [1.82, 2.24) is 0 Å². The van der Waals surface area contributed by atoms with Gasteiger partial charge in [0.25, 0.3) is 0 Å². The molecule has 0 fully saturated rings. The molecular weight excluding hydrogens is 120 g/mol. The van der Waals surface area contributed by atoms with E-state index in [4.69, 9.17) is 0 Å². The molecule has 0 aromatic rings. The monoisotopic (exact) mass is 134 g/mol. The second-order valence-electron chi connectivity index (χ2n) is 3.15. The molecule has 0 heterocycles. The van der Waals surface area contributed by atoms with Crippen LogP contribution in [-0.2, 0) is 0 Å². The van der Waals surface area contributed by atoms with Crippen LogP contribution in [0.5, 0.6) is 0 Å². The second kappa shape index (κ2) is 2.12. The standard InChI is InChI=1S/C10H14/c1-6(2)10-8(4)7(3)9(10)5/h6H,3-4H2,1-2,5H3. The second-order valence-corrected chi connectivity index (χ2v) is 3.15. The van der Waals surface area contributed by atoms with Gasteiger partial charge in [-0.05, 0) is 35.1 Å². The van der Waals surface area contributed by atoms with Gasteiger partial charge in [-0.2, -0.15) is 0 Å². The van der Waals surface area contributed by atoms with E-state index < -0.39 is 0 Å². The van der Waals surface area contributed by atoms with Crippen LogP contribution in [0, 0.1) is 5.92 Å². The highest BCUT2D eigenvalue weighted by Gasteiger charge is 2.23.